The molecule has 3 aromatic carbocycles. The number of hydrogen-bond acceptors (Lipinski definition) is 5. The molecular weight excluding hydrogens is 442 g/mol. The molecule has 0 bridgehead atoms. The van der Waals surface area contributed by atoms with Gasteiger partial charge in [-0.25, -0.2) is 13.1 Å². The van der Waals surface area contributed by atoms with Gasteiger partial charge in [-0.2, -0.15) is 0 Å². The van der Waals surface area contributed by atoms with Crippen molar-refractivity contribution in [1.82, 2.24) is 15.6 Å². The largest absolute Gasteiger partial charge is 0.493 e. The molecule has 3 N–H and O–H groups in total. The summed E-state index contributed by atoms with van der Waals surface area (Å²) in [7, 11) is -3.82. The van der Waals surface area contributed by atoms with Gasteiger partial charge in [0.15, 0.2) is 0 Å². The zero-order chi connectivity index (χ0) is 23.7. The van der Waals surface area contributed by atoms with Crippen LogP contribution in [0.15, 0.2) is 83.8 Å². The number of para-hydroxylation sites is 1. The van der Waals surface area contributed by atoms with E-state index in [4.69, 9.17) is 4.74 Å². The number of benzene rings is 3. The van der Waals surface area contributed by atoms with Gasteiger partial charge in [-0.3, -0.25) is 20.4 Å². The topological polar surface area (TPSA) is 114 Å². The minimum Gasteiger partial charge on any atom is -0.493 e. The summed E-state index contributed by atoms with van der Waals surface area (Å²) in [6.45, 7) is 2.18. The van der Waals surface area contributed by atoms with E-state index in [1.54, 1.807) is 12.1 Å². The molecule has 0 saturated carbocycles. The molecule has 33 heavy (non-hydrogen) atoms. The highest BCUT2D eigenvalue weighted by molar-refractivity contribution is 7.89. The molecule has 0 fully saturated rings. The van der Waals surface area contributed by atoms with Crippen LogP contribution in [0.5, 0.6) is 5.75 Å². The van der Waals surface area contributed by atoms with Gasteiger partial charge in [-0.05, 0) is 42.3 Å². The Kier molecular flexibility index (Phi) is 8.17. The van der Waals surface area contributed by atoms with E-state index >= 15 is 0 Å². The monoisotopic (exact) mass is 467 g/mol. The molecule has 172 valence electrons. The number of nitrogens with one attached hydrogen (secondary N) is 3. The smallest absolute Gasteiger partial charge is 0.269 e. The van der Waals surface area contributed by atoms with Gasteiger partial charge in [0.1, 0.15) is 5.75 Å². The van der Waals surface area contributed by atoms with Crippen LogP contribution in [0.3, 0.4) is 0 Å². The Bertz CT molecular complexity index is 1210. The van der Waals surface area contributed by atoms with E-state index in [-0.39, 0.29) is 30.0 Å². The molecule has 0 aliphatic carbocycles. The van der Waals surface area contributed by atoms with Gasteiger partial charge in [-0.1, -0.05) is 54.6 Å². The molecule has 9 heteroatoms. The summed E-state index contributed by atoms with van der Waals surface area (Å²) in [6.07, 6.45) is 0.0342. The van der Waals surface area contributed by atoms with E-state index in [1.165, 1.54) is 24.3 Å². The van der Waals surface area contributed by atoms with Crippen molar-refractivity contribution in [3.63, 3.8) is 0 Å². The molecule has 0 unspecified atom stereocenters. The quantitative estimate of drug-likeness (QED) is 0.419. The average Bonchev–Trinajstić information content (AvgIpc) is 2.83. The Labute approximate surface area is 193 Å². The van der Waals surface area contributed by atoms with Crippen molar-refractivity contribution in [2.75, 3.05) is 6.61 Å². The van der Waals surface area contributed by atoms with Crippen LogP contribution in [0.25, 0.3) is 0 Å². The summed E-state index contributed by atoms with van der Waals surface area (Å²) in [4.78, 5) is 24.3. The number of hydrogen-bond donors (Lipinski definition) is 3. The van der Waals surface area contributed by atoms with Crippen LogP contribution in [0.4, 0.5) is 0 Å². The molecule has 0 aromatic heterocycles. The Hall–Kier alpha value is -3.69. The first kappa shape index (κ1) is 24.0. The van der Waals surface area contributed by atoms with E-state index in [0.29, 0.717) is 5.75 Å². The van der Waals surface area contributed by atoms with Gasteiger partial charge >= 0.3 is 0 Å². The maximum absolute atomic E-state index is 12.6. The summed E-state index contributed by atoms with van der Waals surface area (Å²) in [5.41, 5.74) is 6.45. The number of carbonyl (C=O) groups is 2. The van der Waals surface area contributed by atoms with Crippen LogP contribution in [0.1, 0.15) is 27.9 Å². The molecule has 0 atom stereocenters. The predicted molar refractivity (Wildman–Crippen MR) is 124 cm³/mol. The fraction of sp³-hybridized carbons (Fsp3) is 0.167. The first-order valence-electron chi connectivity index (χ1n) is 10.3. The van der Waals surface area contributed by atoms with E-state index in [1.807, 2.05) is 49.4 Å². The zero-order valence-electron chi connectivity index (χ0n) is 18.1. The van der Waals surface area contributed by atoms with Gasteiger partial charge in [0.25, 0.3) is 5.91 Å². The Morgan fingerprint density at radius 2 is 1.61 bits per heavy atom. The van der Waals surface area contributed by atoms with Crippen LogP contribution in [0, 0.1) is 6.92 Å². The van der Waals surface area contributed by atoms with Crippen molar-refractivity contribution in [3.8, 4) is 5.75 Å². The summed E-state index contributed by atoms with van der Waals surface area (Å²) in [5.74, 6) is -0.387. The third-order valence-electron chi connectivity index (χ3n) is 4.71. The van der Waals surface area contributed by atoms with Crippen LogP contribution in [0.2, 0.25) is 0 Å². The molecule has 0 aliphatic heterocycles. The van der Waals surface area contributed by atoms with E-state index < -0.39 is 21.8 Å². The molecule has 0 spiro atoms. The first-order chi connectivity index (χ1) is 15.8. The lowest BCUT2D eigenvalue weighted by atomic mass is 10.2. The van der Waals surface area contributed by atoms with Gasteiger partial charge in [0.2, 0.25) is 15.9 Å². The first-order valence-corrected chi connectivity index (χ1v) is 11.7. The van der Waals surface area contributed by atoms with Gasteiger partial charge < -0.3 is 4.74 Å². The number of carbonyl (C=O) groups excluding carboxylic acids is 2. The number of aryl methyl sites for hydroxylation is 1. The second-order valence-corrected chi connectivity index (χ2v) is 8.97. The van der Waals surface area contributed by atoms with E-state index in [0.717, 1.165) is 11.1 Å². The molecule has 0 saturated heterocycles. The normalized spacial score (nSPS) is 10.9. The molecular formula is C24H25N3O5S. The molecule has 2 amide bonds. The lowest BCUT2D eigenvalue weighted by Gasteiger charge is -2.11. The number of amides is 2. The van der Waals surface area contributed by atoms with Crippen molar-refractivity contribution in [2.45, 2.75) is 24.8 Å². The number of rotatable bonds is 9. The maximum atomic E-state index is 12.6. The molecule has 0 radical (unpaired) electrons. The highest BCUT2D eigenvalue weighted by atomic mass is 32.2. The summed E-state index contributed by atoms with van der Waals surface area (Å²) in [6, 6.07) is 22.1. The molecule has 3 rings (SSSR count). The van der Waals surface area contributed by atoms with Gasteiger partial charge in [-0.15, -0.1) is 0 Å². The molecule has 0 aliphatic rings. The van der Waals surface area contributed by atoms with Crippen molar-refractivity contribution >= 4 is 21.8 Å². The highest BCUT2D eigenvalue weighted by Gasteiger charge is 2.16. The predicted octanol–water partition coefficient (Wildman–Crippen LogP) is 2.70. The van der Waals surface area contributed by atoms with Gasteiger partial charge in [0, 0.05) is 12.1 Å². The summed E-state index contributed by atoms with van der Waals surface area (Å²) >= 11 is 0. The molecule has 0 heterocycles. The minimum atomic E-state index is -3.82. The third kappa shape index (κ3) is 7.16. The average molecular weight is 468 g/mol. The van der Waals surface area contributed by atoms with Crippen molar-refractivity contribution < 1.29 is 22.7 Å². The SMILES string of the molecule is Cc1ccccc1OCCC(=O)NNC(=O)c1cccc(S(=O)(=O)NCc2ccccc2)c1. The fourth-order valence-corrected chi connectivity index (χ4v) is 3.96. The number of sulfonamides is 1. The Balaban J connectivity index is 1.50. The minimum absolute atomic E-state index is 0.0342. The second kappa shape index (κ2) is 11.3. The maximum Gasteiger partial charge on any atom is 0.269 e. The van der Waals surface area contributed by atoms with Crippen molar-refractivity contribution in [1.29, 1.82) is 0 Å². The second-order valence-electron chi connectivity index (χ2n) is 7.20. The van der Waals surface area contributed by atoms with Crippen molar-refractivity contribution in [3.05, 3.63) is 95.6 Å². The third-order valence-corrected chi connectivity index (χ3v) is 6.11. The fourth-order valence-electron chi connectivity index (χ4n) is 2.90. The Morgan fingerprint density at radius 3 is 2.36 bits per heavy atom. The standard InChI is InChI=1S/C24H25N3O5S/c1-18-8-5-6-13-22(18)32-15-14-23(28)26-27-24(29)20-11-7-12-21(16-20)33(30,31)25-17-19-9-3-2-4-10-19/h2-13,16,25H,14-15,17H2,1H3,(H,26,28)(H,27,29). The lowest BCUT2D eigenvalue weighted by Crippen LogP contribution is -2.42. The highest BCUT2D eigenvalue weighted by Crippen LogP contribution is 2.16. The van der Waals surface area contributed by atoms with Crippen molar-refractivity contribution in [2.24, 2.45) is 0 Å². The zero-order valence-corrected chi connectivity index (χ0v) is 18.9. The Morgan fingerprint density at radius 1 is 0.879 bits per heavy atom. The van der Waals surface area contributed by atoms with Crippen LogP contribution < -0.4 is 20.3 Å². The van der Waals surface area contributed by atoms with Crippen LogP contribution >= 0.6 is 0 Å². The van der Waals surface area contributed by atoms with Crippen LogP contribution in [-0.2, 0) is 21.4 Å². The van der Waals surface area contributed by atoms with E-state index in [2.05, 4.69) is 15.6 Å². The molecule has 3 aromatic rings. The number of hydrazine groups is 1. The summed E-state index contributed by atoms with van der Waals surface area (Å²) < 4.78 is 33.2. The van der Waals surface area contributed by atoms with Crippen LogP contribution in [-0.4, -0.2) is 26.8 Å². The number of ether oxygens (including phenoxy) is 1. The lowest BCUT2D eigenvalue weighted by molar-refractivity contribution is -0.122. The van der Waals surface area contributed by atoms with Gasteiger partial charge in [0.05, 0.1) is 17.9 Å². The van der Waals surface area contributed by atoms with E-state index in [9.17, 15) is 18.0 Å². The summed E-state index contributed by atoms with van der Waals surface area (Å²) in [5, 5.41) is 0. The molecule has 8 nitrogen and oxygen atoms in total.